The van der Waals surface area contributed by atoms with Gasteiger partial charge in [0.1, 0.15) is 11.6 Å². The van der Waals surface area contributed by atoms with Crippen molar-refractivity contribution in [1.29, 1.82) is 0 Å². The Kier molecular flexibility index (Phi) is 4.46. The summed E-state index contributed by atoms with van der Waals surface area (Å²) >= 11 is 0. The van der Waals surface area contributed by atoms with E-state index in [9.17, 15) is 14.3 Å². The van der Waals surface area contributed by atoms with E-state index in [0.717, 1.165) is 18.8 Å². The molecule has 4 nitrogen and oxygen atoms in total. The summed E-state index contributed by atoms with van der Waals surface area (Å²) in [6, 6.07) is 13.5. The Hall–Kier alpha value is -2.56. The van der Waals surface area contributed by atoms with Crippen molar-refractivity contribution in [1.82, 2.24) is 4.90 Å². The van der Waals surface area contributed by atoms with E-state index in [-0.39, 0.29) is 23.9 Å². The molecule has 0 atom stereocenters. The maximum Gasteiger partial charge on any atom is 0.227 e. The van der Waals surface area contributed by atoms with Crippen LogP contribution in [0.3, 0.4) is 0 Å². The Morgan fingerprint density at radius 3 is 2.30 bits per heavy atom. The molecule has 0 unspecified atom stereocenters. The number of piperazine rings is 1. The molecule has 1 aliphatic rings. The molecule has 120 valence electrons. The molecule has 0 saturated carbocycles. The topological polar surface area (TPSA) is 43.8 Å². The van der Waals surface area contributed by atoms with Crippen molar-refractivity contribution in [2.45, 2.75) is 6.42 Å². The Balaban J connectivity index is 1.57. The van der Waals surface area contributed by atoms with E-state index in [4.69, 9.17) is 0 Å². The molecule has 0 aliphatic carbocycles. The van der Waals surface area contributed by atoms with E-state index in [0.29, 0.717) is 18.7 Å². The van der Waals surface area contributed by atoms with Crippen LogP contribution in [0.2, 0.25) is 0 Å². The van der Waals surface area contributed by atoms with Gasteiger partial charge >= 0.3 is 0 Å². The van der Waals surface area contributed by atoms with Crippen LogP contribution in [-0.2, 0) is 11.2 Å². The SMILES string of the molecule is O=C(Cc1ccccc1F)N1CCN(c2ccc(O)cc2)CC1. The van der Waals surface area contributed by atoms with Crippen molar-refractivity contribution in [3.05, 3.63) is 59.9 Å². The molecule has 1 amide bonds. The molecule has 3 rings (SSSR count). The number of carbonyl (C=O) groups is 1. The van der Waals surface area contributed by atoms with E-state index in [2.05, 4.69) is 4.90 Å². The fraction of sp³-hybridized carbons (Fsp3) is 0.278. The summed E-state index contributed by atoms with van der Waals surface area (Å²) in [5.74, 6) is -0.128. The number of rotatable bonds is 3. The number of phenols is 1. The first-order valence-corrected chi connectivity index (χ1v) is 7.68. The van der Waals surface area contributed by atoms with Crippen molar-refractivity contribution in [2.24, 2.45) is 0 Å². The van der Waals surface area contributed by atoms with Crippen molar-refractivity contribution in [3.63, 3.8) is 0 Å². The van der Waals surface area contributed by atoms with Crippen LogP contribution in [0.4, 0.5) is 10.1 Å². The first-order chi connectivity index (χ1) is 11.1. The number of anilines is 1. The minimum Gasteiger partial charge on any atom is -0.508 e. The second-order valence-corrected chi connectivity index (χ2v) is 5.65. The molecule has 0 aromatic heterocycles. The third-order valence-corrected chi connectivity index (χ3v) is 4.15. The van der Waals surface area contributed by atoms with E-state index in [1.807, 2.05) is 12.1 Å². The van der Waals surface area contributed by atoms with Gasteiger partial charge in [0.2, 0.25) is 5.91 Å². The predicted octanol–water partition coefficient (Wildman–Crippen LogP) is 2.42. The highest BCUT2D eigenvalue weighted by molar-refractivity contribution is 5.79. The smallest absolute Gasteiger partial charge is 0.227 e. The van der Waals surface area contributed by atoms with Crippen molar-refractivity contribution >= 4 is 11.6 Å². The van der Waals surface area contributed by atoms with Gasteiger partial charge in [0.15, 0.2) is 0 Å². The zero-order chi connectivity index (χ0) is 16.2. The summed E-state index contributed by atoms with van der Waals surface area (Å²) in [7, 11) is 0. The van der Waals surface area contributed by atoms with Crippen LogP contribution in [0.15, 0.2) is 48.5 Å². The van der Waals surface area contributed by atoms with Gasteiger partial charge in [-0.2, -0.15) is 0 Å². The fourth-order valence-electron chi connectivity index (χ4n) is 2.79. The molecule has 1 fully saturated rings. The molecular formula is C18H19FN2O2. The van der Waals surface area contributed by atoms with Crippen LogP contribution in [0.5, 0.6) is 5.75 Å². The van der Waals surface area contributed by atoms with Crippen LogP contribution in [0.1, 0.15) is 5.56 Å². The number of halogens is 1. The number of carbonyl (C=O) groups excluding carboxylic acids is 1. The Morgan fingerprint density at radius 1 is 1.00 bits per heavy atom. The van der Waals surface area contributed by atoms with Gasteiger partial charge in [-0.25, -0.2) is 4.39 Å². The normalized spacial score (nSPS) is 14.8. The monoisotopic (exact) mass is 314 g/mol. The number of phenolic OH excluding ortho intramolecular Hbond substituents is 1. The highest BCUT2D eigenvalue weighted by Crippen LogP contribution is 2.20. The highest BCUT2D eigenvalue weighted by atomic mass is 19.1. The fourth-order valence-corrected chi connectivity index (χ4v) is 2.79. The van der Waals surface area contributed by atoms with Crippen LogP contribution in [0.25, 0.3) is 0 Å². The number of hydrogen-bond acceptors (Lipinski definition) is 3. The lowest BCUT2D eigenvalue weighted by Crippen LogP contribution is -2.49. The van der Waals surface area contributed by atoms with Gasteiger partial charge < -0.3 is 14.9 Å². The van der Waals surface area contributed by atoms with Crippen molar-refractivity contribution in [3.8, 4) is 5.75 Å². The van der Waals surface area contributed by atoms with Gasteiger partial charge in [-0.1, -0.05) is 18.2 Å². The summed E-state index contributed by atoms with van der Waals surface area (Å²) in [6.45, 7) is 2.70. The zero-order valence-electron chi connectivity index (χ0n) is 12.8. The lowest BCUT2D eigenvalue weighted by molar-refractivity contribution is -0.130. The molecule has 1 saturated heterocycles. The molecule has 1 N–H and O–H groups in total. The summed E-state index contributed by atoms with van der Waals surface area (Å²) in [4.78, 5) is 16.3. The largest absolute Gasteiger partial charge is 0.508 e. The molecule has 2 aromatic carbocycles. The average Bonchev–Trinajstić information content (AvgIpc) is 2.58. The summed E-state index contributed by atoms with van der Waals surface area (Å²) < 4.78 is 13.6. The zero-order valence-corrected chi connectivity index (χ0v) is 12.8. The van der Waals surface area contributed by atoms with Crippen LogP contribution in [0, 0.1) is 5.82 Å². The molecule has 2 aromatic rings. The lowest BCUT2D eigenvalue weighted by atomic mass is 10.1. The Morgan fingerprint density at radius 2 is 1.65 bits per heavy atom. The third-order valence-electron chi connectivity index (χ3n) is 4.15. The first kappa shape index (κ1) is 15.3. The van der Waals surface area contributed by atoms with Gasteiger partial charge in [0.05, 0.1) is 6.42 Å². The number of benzene rings is 2. The summed E-state index contributed by atoms with van der Waals surface area (Å²) in [5, 5.41) is 9.33. The maximum absolute atomic E-state index is 13.6. The maximum atomic E-state index is 13.6. The van der Waals surface area contributed by atoms with E-state index >= 15 is 0 Å². The molecule has 1 heterocycles. The Bertz CT molecular complexity index is 680. The second-order valence-electron chi connectivity index (χ2n) is 5.65. The average molecular weight is 314 g/mol. The number of nitrogens with zero attached hydrogens (tertiary/aromatic N) is 2. The van der Waals surface area contributed by atoms with Crippen LogP contribution < -0.4 is 4.90 Å². The molecule has 0 spiro atoms. The standard InChI is InChI=1S/C18H19FN2O2/c19-17-4-2-1-3-14(17)13-18(23)21-11-9-20(10-12-21)15-5-7-16(22)8-6-15/h1-8,22H,9-13H2. The second kappa shape index (κ2) is 6.69. The number of amides is 1. The van der Waals surface area contributed by atoms with E-state index in [1.165, 1.54) is 6.07 Å². The molecule has 0 radical (unpaired) electrons. The molecule has 23 heavy (non-hydrogen) atoms. The van der Waals surface area contributed by atoms with Gasteiger partial charge in [-0.05, 0) is 35.9 Å². The van der Waals surface area contributed by atoms with Gasteiger partial charge in [0, 0.05) is 31.9 Å². The van der Waals surface area contributed by atoms with E-state index < -0.39 is 0 Å². The van der Waals surface area contributed by atoms with Gasteiger partial charge in [-0.3, -0.25) is 4.79 Å². The van der Waals surface area contributed by atoms with Crippen LogP contribution >= 0.6 is 0 Å². The first-order valence-electron chi connectivity index (χ1n) is 7.68. The van der Waals surface area contributed by atoms with Gasteiger partial charge in [-0.15, -0.1) is 0 Å². The minimum atomic E-state index is -0.330. The molecule has 5 heteroatoms. The predicted molar refractivity (Wildman–Crippen MR) is 87.0 cm³/mol. The van der Waals surface area contributed by atoms with E-state index in [1.54, 1.807) is 35.2 Å². The van der Waals surface area contributed by atoms with Crippen LogP contribution in [-0.4, -0.2) is 42.1 Å². The summed E-state index contributed by atoms with van der Waals surface area (Å²) in [5.41, 5.74) is 1.47. The number of aromatic hydroxyl groups is 1. The van der Waals surface area contributed by atoms with Crippen molar-refractivity contribution < 1.29 is 14.3 Å². The number of hydrogen-bond donors (Lipinski definition) is 1. The summed E-state index contributed by atoms with van der Waals surface area (Å²) in [6.07, 6.45) is 0.103. The lowest BCUT2D eigenvalue weighted by Gasteiger charge is -2.36. The third kappa shape index (κ3) is 3.62. The molecule has 1 aliphatic heterocycles. The van der Waals surface area contributed by atoms with Gasteiger partial charge in [0.25, 0.3) is 0 Å². The van der Waals surface area contributed by atoms with Crippen molar-refractivity contribution in [2.75, 3.05) is 31.1 Å². The minimum absolute atomic E-state index is 0.0412. The Labute approximate surface area is 134 Å². The molecular weight excluding hydrogens is 295 g/mol. The quantitative estimate of drug-likeness (QED) is 0.946. The molecule has 0 bridgehead atoms. The highest BCUT2D eigenvalue weighted by Gasteiger charge is 2.22.